The van der Waals surface area contributed by atoms with E-state index in [0.29, 0.717) is 29.5 Å². The molecule has 0 spiro atoms. The van der Waals surface area contributed by atoms with E-state index in [1.54, 1.807) is 24.3 Å². The van der Waals surface area contributed by atoms with Gasteiger partial charge in [-0.1, -0.05) is 41.8 Å². The van der Waals surface area contributed by atoms with E-state index in [1.807, 2.05) is 17.9 Å². The first-order valence-electron chi connectivity index (χ1n) is 9.77. The van der Waals surface area contributed by atoms with Crippen LogP contribution in [0.25, 0.3) is 0 Å². The van der Waals surface area contributed by atoms with Gasteiger partial charge in [0.25, 0.3) is 15.9 Å². The topological polar surface area (TPSA) is 78.8 Å². The summed E-state index contributed by atoms with van der Waals surface area (Å²) in [7, 11) is -3.90. The standard InChI is InChI=1S/C21H21Cl2N3O3S/c1-13(14-6-5-7-15(22)10-14)24-21(27)16-11-19-18(12-17(16)23)26-9-4-2-3-8-20(26)25-30(19,28)29/h5-7,10-13H,2-4,8-9H2,1H3,(H,24,27)/t13-/m0/s1. The largest absolute Gasteiger partial charge is 0.345 e. The van der Waals surface area contributed by atoms with Gasteiger partial charge in [-0.05, 0) is 49.6 Å². The molecule has 6 nitrogen and oxygen atoms in total. The second-order valence-electron chi connectivity index (χ2n) is 7.49. The van der Waals surface area contributed by atoms with Crippen LogP contribution in [0.2, 0.25) is 10.0 Å². The molecule has 2 aromatic carbocycles. The third kappa shape index (κ3) is 4.06. The Labute approximate surface area is 185 Å². The van der Waals surface area contributed by atoms with Crippen molar-refractivity contribution in [2.45, 2.75) is 43.5 Å². The molecule has 0 bridgehead atoms. The lowest BCUT2D eigenvalue weighted by Crippen LogP contribution is -2.35. The quantitative estimate of drug-likeness (QED) is 0.693. The van der Waals surface area contributed by atoms with Gasteiger partial charge in [-0.15, -0.1) is 4.40 Å². The van der Waals surface area contributed by atoms with E-state index in [1.165, 1.54) is 6.07 Å². The molecule has 30 heavy (non-hydrogen) atoms. The van der Waals surface area contributed by atoms with Gasteiger partial charge in [-0.2, -0.15) is 8.42 Å². The summed E-state index contributed by atoms with van der Waals surface area (Å²) >= 11 is 12.5. The number of carbonyl (C=O) groups excluding carboxylic acids is 1. The molecular weight excluding hydrogens is 445 g/mol. The molecule has 0 saturated carbocycles. The summed E-state index contributed by atoms with van der Waals surface area (Å²) in [5.41, 5.74) is 1.42. The minimum absolute atomic E-state index is 0.0121. The fourth-order valence-electron chi connectivity index (χ4n) is 3.80. The van der Waals surface area contributed by atoms with Gasteiger partial charge in [0.1, 0.15) is 10.7 Å². The smallest absolute Gasteiger partial charge is 0.286 e. The zero-order chi connectivity index (χ0) is 21.5. The van der Waals surface area contributed by atoms with Crippen molar-refractivity contribution in [1.82, 2.24) is 5.32 Å². The number of hydrogen-bond donors (Lipinski definition) is 1. The van der Waals surface area contributed by atoms with Crippen molar-refractivity contribution in [2.75, 3.05) is 11.4 Å². The summed E-state index contributed by atoms with van der Waals surface area (Å²) in [5, 5.41) is 3.62. The van der Waals surface area contributed by atoms with Gasteiger partial charge in [-0.3, -0.25) is 4.79 Å². The Morgan fingerprint density at radius 2 is 1.97 bits per heavy atom. The number of benzene rings is 2. The van der Waals surface area contributed by atoms with Crippen molar-refractivity contribution >= 4 is 50.7 Å². The lowest BCUT2D eigenvalue weighted by atomic mass is 10.1. The Morgan fingerprint density at radius 1 is 1.17 bits per heavy atom. The molecule has 2 aromatic rings. The highest BCUT2D eigenvalue weighted by Gasteiger charge is 2.33. The average molecular weight is 466 g/mol. The SMILES string of the molecule is C[C@H](NC(=O)c1cc2c(cc1Cl)N1CCCCCC1=NS2(=O)=O)c1cccc(Cl)c1. The predicted octanol–water partition coefficient (Wildman–Crippen LogP) is 4.97. The summed E-state index contributed by atoms with van der Waals surface area (Å²) in [5.74, 6) is 0.0824. The van der Waals surface area contributed by atoms with Gasteiger partial charge in [0, 0.05) is 18.0 Å². The number of amidine groups is 1. The van der Waals surface area contributed by atoms with Crippen LogP contribution in [0.4, 0.5) is 5.69 Å². The van der Waals surface area contributed by atoms with Crippen molar-refractivity contribution in [3.63, 3.8) is 0 Å². The van der Waals surface area contributed by atoms with Crippen molar-refractivity contribution < 1.29 is 13.2 Å². The molecule has 2 heterocycles. The Hall–Kier alpha value is -2.09. The number of anilines is 1. The maximum absolute atomic E-state index is 12.9. The molecule has 2 aliphatic rings. The Bertz CT molecular complexity index is 1150. The summed E-state index contributed by atoms with van der Waals surface area (Å²) in [6, 6.07) is 9.73. The number of nitrogens with zero attached hydrogens (tertiary/aromatic N) is 2. The molecule has 1 atom stereocenters. The summed E-state index contributed by atoms with van der Waals surface area (Å²) in [4.78, 5) is 14.8. The van der Waals surface area contributed by atoms with E-state index in [4.69, 9.17) is 23.2 Å². The van der Waals surface area contributed by atoms with Crippen LogP contribution in [-0.4, -0.2) is 26.7 Å². The van der Waals surface area contributed by atoms with E-state index in [-0.39, 0.29) is 21.5 Å². The van der Waals surface area contributed by atoms with Crippen molar-refractivity contribution in [3.8, 4) is 0 Å². The molecular formula is C21H21Cl2N3O3S. The summed E-state index contributed by atoms with van der Waals surface area (Å²) in [6.07, 6.45) is 3.46. The maximum Gasteiger partial charge on any atom is 0.286 e. The van der Waals surface area contributed by atoms with E-state index in [0.717, 1.165) is 24.8 Å². The Morgan fingerprint density at radius 3 is 2.73 bits per heavy atom. The lowest BCUT2D eigenvalue weighted by molar-refractivity contribution is 0.0940. The van der Waals surface area contributed by atoms with Gasteiger partial charge >= 0.3 is 0 Å². The van der Waals surface area contributed by atoms with Gasteiger partial charge in [0.15, 0.2) is 0 Å². The molecule has 2 aliphatic heterocycles. The van der Waals surface area contributed by atoms with Crippen LogP contribution in [0.5, 0.6) is 0 Å². The van der Waals surface area contributed by atoms with Crippen LogP contribution in [0.15, 0.2) is 45.7 Å². The van der Waals surface area contributed by atoms with Crippen molar-refractivity contribution in [3.05, 3.63) is 57.6 Å². The zero-order valence-electron chi connectivity index (χ0n) is 16.4. The second-order valence-corrected chi connectivity index (χ2v) is 9.91. The first-order valence-corrected chi connectivity index (χ1v) is 12.0. The highest BCUT2D eigenvalue weighted by Crippen LogP contribution is 2.38. The van der Waals surface area contributed by atoms with Crippen LogP contribution in [0, 0.1) is 0 Å². The molecule has 1 fully saturated rings. The fraction of sp³-hybridized carbons (Fsp3) is 0.333. The van der Waals surface area contributed by atoms with Gasteiger partial charge in [0.2, 0.25) is 0 Å². The number of amides is 1. The Kier molecular flexibility index (Phi) is 5.79. The van der Waals surface area contributed by atoms with E-state index >= 15 is 0 Å². The van der Waals surface area contributed by atoms with Crippen molar-refractivity contribution in [1.29, 1.82) is 0 Å². The molecule has 1 N–H and O–H groups in total. The van der Waals surface area contributed by atoms with Crippen LogP contribution < -0.4 is 10.2 Å². The van der Waals surface area contributed by atoms with E-state index in [9.17, 15) is 13.2 Å². The maximum atomic E-state index is 12.9. The average Bonchev–Trinajstić information content (AvgIpc) is 2.92. The number of rotatable bonds is 3. The first-order chi connectivity index (χ1) is 14.3. The molecule has 4 rings (SSSR count). The van der Waals surface area contributed by atoms with Crippen molar-refractivity contribution in [2.24, 2.45) is 4.40 Å². The molecule has 158 valence electrons. The summed E-state index contributed by atoms with van der Waals surface area (Å²) in [6.45, 7) is 2.50. The number of sulfonamides is 1. The highest BCUT2D eigenvalue weighted by molar-refractivity contribution is 7.90. The van der Waals surface area contributed by atoms with Crippen LogP contribution >= 0.6 is 23.2 Å². The van der Waals surface area contributed by atoms with Crippen LogP contribution in [0.1, 0.15) is 54.6 Å². The molecule has 1 saturated heterocycles. The fourth-order valence-corrected chi connectivity index (χ4v) is 5.51. The van der Waals surface area contributed by atoms with Gasteiger partial charge in [-0.25, -0.2) is 0 Å². The molecule has 1 amide bonds. The predicted molar refractivity (Wildman–Crippen MR) is 119 cm³/mol. The van der Waals surface area contributed by atoms with E-state index < -0.39 is 15.9 Å². The normalized spacial score (nSPS) is 18.5. The minimum Gasteiger partial charge on any atom is -0.345 e. The molecule has 0 aromatic heterocycles. The molecule has 0 aliphatic carbocycles. The monoisotopic (exact) mass is 465 g/mol. The number of hydrogen-bond acceptors (Lipinski definition) is 4. The van der Waals surface area contributed by atoms with Crippen LogP contribution in [-0.2, 0) is 10.0 Å². The lowest BCUT2D eigenvalue weighted by Gasteiger charge is -2.30. The number of fused-ring (bicyclic) bond motifs is 3. The first kappa shape index (κ1) is 21.2. The van der Waals surface area contributed by atoms with Crippen LogP contribution in [0.3, 0.4) is 0 Å². The number of halogens is 2. The summed E-state index contributed by atoms with van der Waals surface area (Å²) < 4.78 is 29.6. The minimum atomic E-state index is -3.90. The molecule has 0 unspecified atom stereocenters. The second kappa shape index (κ2) is 8.21. The zero-order valence-corrected chi connectivity index (χ0v) is 18.7. The third-order valence-electron chi connectivity index (χ3n) is 5.38. The van der Waals surface area contributed by atoms with Gasteiger partial charge < -0.3 is 10.2 Å². The van der Waals surface area contributed by atoms with Gasteiger partial charge in [0.05, 0.1) is 22.3 Å². The highest BCUT2D eigenvalue weighted by atomic mass is 35.5. The molecule has 9 heteroatoms. The number of nitrogens with one attached hydrogen (secondary N) is 1. The Balaban J connectivity index is 1.68. The van der Waals surface area contributed by atoms with E-state index in [2.05, 4.69) is 9.71 Å². The molecule has 0 radical (unpaired) electrons. The number of carbonyl (C=O) groups is 1. The third-order valence-corrected chi connectivity index (χ3v) is 7.26.